The van der Waals surface area contributed by atoms with E-state index in [-0.39, 0.29) is 0 Å². The van der Waals surface area contributed by atoms with Gasteiger partial charge in [0.1, 0.15) is 5.22 Å². The van der Waals surface area contributed by atoms with Gasteiger partial charge in [-0.25, -0.2) is 0 Å². The van der Waals surface area contributed by atoms with Crippen LogP contribution in [0.2, 0.25) is 0 Å². The van der Waals surface area contributed by atoms with Crippen molar-refractivity contribution in [3.63, 3.8) is 0 Å². The number of benzene rings is 5. The third-order valence-electron chi connectivity index (χ3n) is 7.92. The Labute approximate surface area is 243 Å². The van der Waals surface area contributed by atoms with Gasteiger partial charge in [0.2, 0.25) is 5.71 Å². The molecule has 0 radical (unpaired) electrons. The summed E-state index contributed by atoms with van der Waals surface area (Å²) in [5.41, 5.74) is 10.9. The van der Waals surface area contributed by atoms with E-state index >= 15 is 0 Å². The van der Waals surface area contributed by atoms with E-state index in [9.17, 15) is 0 Å². The lowest BCUT2D eigenvalue weighted by atomic mass is 10.1. The van der Waals surface area contributed by atoms with Crippen molar-refractivity contribution < 1.29 is 4.70 Å². The quantitative estimate of drug-likeness (QED) is 0.201. The second-order valence-electron chi connectivity index (χ2n) is 10.5. The monoisotopic (exact) mass is 540 g/mol. The zero-order valence-electron chi connectivity index (χ0n) is 22.8. The highest BCUT2D eigenvalue weighted by Crippen LogP contribution is 2.34. The molecule has 42 heavy (non-hydrogen) atoms. The molecule has 5 nitrogen and oxygen atoms in total. The van der Waals surface area contributed by atoms with Crippen LogP contribution in [0.1, 0.15) is 5.56 Å². The first kappa shape index (κ1) is 24.1. The van der Waals surface area contributed by atoms with E-state index in [0.29, 0.717) is 6.54 Å². The third kappa shape index (κ3) is 4.19. The minimum atomic E-state index is 0.600. The van der Waals surface area contributed by atoms with E-state index < -0.39 is 0 Å². The summed E-state index contributed by atoms with van der Waals surface area (Å²) < 4.78 is 4.30. The second kappa shape index (κ2) is 10.1. The summed E-state index contributed by atoms with van der Waals surface area (Å²) in [7, 11) is 0. The van der Waals surface area contributed by atoms with Crippen LogP contribution in [0, 0.1) is 0 Å². The van der Waals surface area contributed by atoms with Crippen molar-refractivity contribution in [2.75, 3.05) is 6.54 Å². The molecule has 0 atom stereocenters. The molecule has 5 aromatic carbocycles. The van der Waals surface area contributed by atoms with E-state index in [1.165, 1.54) is 27.4 Å². The number of nitrogens with zero attached hydrogens (tertiary/aromatic N) is 5. The normalized spacial score (nSPS) is 13.0. The summed E-state index contributed by atoms with van der Waals surface area (Å²) in [5.74, 6) is 0. The van der Waals surface area contributed by atoms with Gasteiger partial charge in [-0.3, -0.25) is 4.98 Å². The number of aromatic nitrogens is 2. The second-order valence-corrected chi connectivity index (χ2v) is 10.5. The molecule has 8 rings (SSSR count). The van der Waals surface area contributed by atoms with Gasteiger partial charge in [-0.05, 0) is 65.7 Å². The molecule has 0 spiro atoms. The van der Waals surface area contributed by atoms with Crippen LogP contribution in [0.4, 0.5) is 5.69 Å². The lowest BCUT2D eigenvalue weighted by Gasteiger charge is -2.10. The highest BCUT2D eigenvalue weighted by molar-refractivity contribution is 6.12. The van der Waals surface area contributed by atoms with Crippen LogP contribution >= 0.6 is 0 Å². The van der Waals surface area contributed by atoms with E-state index in [0.717, 1.165) is 39.4 Å². The lowest BCUT2D eigenvalue weighted by molar-refractivity contribution is -0.492. The van der Waals surface area contributed by atoms with Gasteiger partial charge in [0, 0.05) is 33.8 Å². The van der Waals surface area contributed by atoms with Crippen LogP contribution in [-0.2, 0) is 0 Å². The molecule has 0 saturated carbocycles. The Morgan fingerprint density at radius 2 is 1.29 bits per heavy atom. The number of hydrogen-bond acceptors (Lipinski definition) is 3. The van der Waals surface area contributed by atoms with Crippen molar-refractivity contribution in [2.24, 2.45) is 10.3 Å². The Morgan fingerprint density at radius 3 is 2.14 bits per heavy atom. The van der Waals surface area contributed by atoms with Gasteiger partial charge in [-0.1, -0.05) is 84.9 Å². The van der Waals surface area contributed by atoms with Crippen molar-refractivity contribution >= 4 is 33.2 Å². The van der Waals surface area contributed by atoms with Gasteiger partial charge in [0.15, 0.2) is 12.2 Å². The Bertz CT molecular complexity index is 2140. The maximum atomic E-state index is 4.62. The van der Waals surface area contributed by atoms with E-state index in [1.54, 1.807) is 0 Å². The van der Waals surface area contributed by atoms with E-state index in [1.807, 2.05) is 41.2 Å². The molecule has 0 fully saturated rings. The molecule has 198 valence electrons. The molecule has 0 N–H and O–H groups in total. The molecule has 7 aromatic rings. The number of fused-ring (bicyclic) bond motifs is 3. The minimum absolute atomic E-state index is 0.600. The fraction of sp³-hybridized carbons (Fsp3) is 0.0270. The Hall–Kier alpha value is -5.68. The Kier molecular flexibility index (Phi) is 5.78. The summed E-state index contributed by atoms with van der Waals surface area (Å²) >= 11 is 0. The first-order valence-corrected chi connectivity index (χ1v) is 14.1. The average Bonchev–Trinajstić information content (AvgIpc) is 3.69. The van der Waals surface area contributed by atoms with Crippen LogP contribution < -0.4 is 0 Å². The van der Waals surface area contributed by atoms with Crippen molar-refractivity contribution in [1.82, 2.24) is 9.55 Å². The molecule has 1 aliphatic heterocycles. The number of hydrogen-bond donors (Lipinski definition) is 0. The fourth-order valence-corrected chi connectivity index (χ4v) is 5.83. The van der Waals surface area contributed by atoms with E-state index in [2.05, 4.69) is 129 Å². The summed E-state index contributed by atoms with van der Waals surface area (Å²) in [6.45, 7) is 0.600. The molecule has 3 heterocycles. The van der Waals surface area contributed by atoms with Crippen LogP contribution in [0.15, 0.2) is 156 Å². The molecule has 1 aliphatic rings. The zero-order valence-corrected chi connectivity index (χ0v) is 22.8. The smallest absolute Gasteiger partial charge is 0.231 e. The Morgan fingerprint density at radius 1 is 0.548 bits per heavy atom. The van der Waals surface area contributed by atoms with Gasteiger partial charge >= 0.3 is 0 Å². The largest absolute Gasteiger partial charge is 0.309 e. The molecule has 2 aromatic heterocycles. The van der Waals surface area contributed by atoms with Gasteiger partial charge in [-0.15, -0.1) is 4.70 Å². The molecule has 0 aliphatic carbocycles. The van der Waals surface area contributed by atoms with Crippen molar-refractivity contribution in [3.8, 4) is 28.1 Å². The van der Waals surface area contributed by atoms with Gasteiger partial charge in [-0.2, -0.15) is 0 Å². The molecule has 0 amide bonds. The topological polar surface area (TPSA) is 45.5 Å². The number of para-hydroxylation sites is 1. The minimum Gasteiger partial charge on any atom is -0.309 e. The molecule has 0 bridgehead atoms. The van der Waals surface area contributed by atoms with Gasteiger partial charge in [0.05, 0.1) is 21.8 Å². The Balaban J connectivity index is 1.15. The maximum absolute atomic E-state index is 4.62. The predicted octanol–water partition coefficient (Wildman–Crippen LogP) is 9.03. The molecular formula is C37H26N5+. The lowest BCUT2D eigenvalue weighted by Crippen LogP contribution is -2.11. The van der Waals surface area contributed by atoms with E-state index in [4.69, 9.17) is 0 Å². The summed E-state index contributed by atoms with van der Waals surface area (Å²) in [6.07, 6.45) is 1.82. The highest BCUT2D eigenvalue weighted by atomic mass is 15.5. The van der Waals surface area contributed by atoms with Crippen LogP contribution in [-0.4, -0.2) is 26.5 Å². The number of pyridine rings is 1. The zero-order chi connectivity index (χ0) is 27.9. The molecule has 0 saturated heterocycles. The van der Waals surface area contributed by atoms with Crippen molar-refractivity contribution in [2.45, 2.75) is 0 Å². The number of rotatable bonds is 5. The van der Waals surface area contributed by atoms with Crippen LogP contribution in [0.5, 0.6) is 0 Å². The van der Waals surface area contributed by atoms with Crippen LogP contribution in [0.25, 0.3) is 49.9 Å². The molecule has 5 heteroatoms. The molecular weight excluding hydrogens is 514 g/mol. The first-order chi connectivity index (χ1) is 20.8. The van der Waals surface area contributed by atoms with Gasteiger partial charge < -0.3 is 4.57 Å². The summed E-state index contributed by atoms with van der Waals surface area (Å²) in [5, 5.41) is 11.6. The fourth-order valence-electron chi connectivity index (χ4n) is 5.83. The van der Waals surface area contributed by atoms with Gasteiger partial charge in [0.25, 0.3) is 0 Å². The molecule has 0 unspecified atom stereocenters. The van der Waals surface area contributed by atoms with Crippen molar-refractivity contribution in [1.29, 1.82) is 0 Å². The summed E-state index contributed by atoms with van der Waals surface area (Å²) in [4.78, 5) is 4.50. The third-order valence-corrected chi connectivity index (χ3v) is 7.92. The predicted molar refractivity (Wildman–Crippen MR) is 170 cm³/mol. The highest BCUT2D eigenvalue weighted by Gasteiger charge is 2.25. The average molecular weight is 541 g/mol. The maximum Gasteiger partial charge on any atom is 0.231 e. The summed E-state index contributed by atoms with van der Waals surface area (Å²) in [6, 6.07) is 48.8. The first-order valence-electron chi connectivity index (χ1n) is 14.1. The SMILES string of the molecule is c1ccc(-c2ccc(-n3c4ccccc4c4ccc(C5=NN=[N+](c6cccc(-c7ccccn7)c6)C5)cc43)cc2)cc1. The van der Waals surface area contributed by atoms with Crippen molar-refractivity contribution in [3.05, 3.63) is 151 Å². The standard InChI is InChI=1S/C37H26N5/c1-2-9-26(10-3-1)27-16-19-30(20-17-27)42-36-15-5-4-13-32(36)33-21-18-29(24-37(33)42)35-25-41(40-39-35)31-12-8-11-28(23-31)34-14-6-7-22-38-34/h1-24H,25H2/q+1. The van der Waals surface area contributed by atoms with Crippen LogP contribution in [0.3, 0.4) is 0 Å².